The molecule has 2 aromatic rings. The number of carbonyl (C=O) groups is 1. The van der Waals surface area contributed by atoms with Gasteiger partial charge in [0.1, 0.15) is 5.37 Å². The smallest absolute Gasteiger partial charge is 0.256 e. The first-order chi connectivity index (χ1) is 9.66. The quantitative estimate of drug-likeness (QED) is 0.765. The van der Waals surface area contributed by atoms with Crippen molar-refractivity contribution in [3.8, 4) is 0 Å². The maximum atomic E-state index is 12.7. The van der Waals surface area contributed by atoms with E-state index in [1.54, 1.807) is 11.3 Å². The van der Waals surface area contributed by atoms with Gasteiger partial charge in [-0.15, -0.1) is 23.1 Å². The number of rotatable bonds is 2. The van der Waals surface area contributed by atoms with Gasteiger partial charge in [-0.2, -0.15) is 0 Å². The second kappa shape index (κ2) is 5.92. The van der Waals surface area contributed by atoms with Gasteiger partial charge in [-0.25, -0.2) is 0 Å². The van der Waals surface area contributed by atoms with Gasteiger partial charge >= 0.3 is 0 Å². The number of thiophene rings is 1. The number of carbonyl (C=O) groups excluding carboxylic acids is 1. The molecule has 0 aliphatic carbocycles. The predicted octanol–water partition coefficient (Wildman–Crippen LogP) is 4.71. The first kappa shape index (κ1) is 14.2. The molecule has 1 atom stereocenters. The van der Waals surface area contributed by atoms with Crippen molar-refractivity contribution in [2.45, 2.75) is 12.3 Å². The molecule has 20 heavy (non-hydrogen) atoms. The second-order valence-electron chi connectivity index (χ2n) is 4.65. The number of hydrogen-bond donors (Lipinski definition) is 0. The molecule has 1 saturated heterocycles. The lowest BCUT2D eigenvalue weighted by atomic mass is 10.2. The van der Waals surface area contributed by atoms with E-state index in [4.69, 9.17) is 0 Å². The number of aryl methyl sites for hydroxylation is 1. The summed E-state index contributed by atoms with van der Waals surface area (Å²) in [7, 11) is 0. The van der Waals surface area contributed by atoms with Crippen LogP contribution >= 0.6 is 39.0 Å². The first-order valence-electron chi connectivity index (χ1n) is 6.40. The van der Waals surface area contributed by atoms with E-state index in [0.29, 0.717) is 0 Å². The molecular formula is C15H14BrNOS2. The van der Waals surface area contributed by atoms with Crippen LogP contribution in [0.5, 0.6) is 0 Å². The van der Waals surface area contributed by atoms with Crippen LogP contribution in [0.15, 0.2) is 40.9 Å². The van der Waals surface area contributed by atoms with Crippen molar-refractivity contribution in [2.24, 2.45) is 0 Å². The Morgan fingerprint density at radius 1 is 1.30 bits per heavy atom. The Balaban J connectivity index is 1.89. The number of thioether (sulfide) groups is 1. The summed E-state index contributed by atoms with van der Waals surface area (Å²) in [4.78, 5) is 17.3. The van der Waals surface area contributed by atoms with Gasteiger partial charge in [0.05, 0.1) is 5.56 Å². The van der Waals surface area contributed by atoms with Crippen molar-refractivity contribution in [3.05, 3.63) is 56.2 Å². The van der Waals surface area contributed by atoms with Crippen molar-refractivity contribution in [3.63, 3.8) is 0 Å². The highest BCUT2D eigenvalue weighted by Gasteiger charge is 2.32. The van der Waals surface area contributed by atoms with Crippen LogP contribution in [0.2, 0.25) is 0 Å². The fraction of sp³-hybridized carbons (Fsp3) is 0.267. The van der Waals surface area contributed by atoms with Gasteiger partial charge in [-0.3, -0.25) is 4.79 Å². The topological polar surface area (TPSA) is 20.3 Å². The molecule has 0 N–H and O–H groups in total. The number of amides is 1. The zero-order valence-electron chi connectivity index (χ0n) is 11.0. The highest BCUT2D eigenvalue weighted by molar-refractivity contribution is 9.10. The van der Waals surface area contributed by atoms with E-state index >= 15 is 0 Å². The van der Waals surface area contributed by atoms with Crippen LogP contribution in [0.25, 0.3) is 0 Å². The summed E-state index contributed by atoms with van der Waals surface area (Å²) in [6, 6.07) is 11.9. The van der Waals surface area contributed by atoms with E-state index < -0.39 is 0 Å². The Morgan fingerprint density at radius 2 is 2.10 bits per heavy atom. The van der Waals surface area contributed by atoms with E-state index in [0.717, 1.165) is 22.3 Å². The SMILES string of the molecule is Cc1ccc([C@@H]2SCCN2C(=O)c2ccccc2Br)s1. The molecule has 0 bridgehead atoms. The van der Waals surface area contributed by atoms with Crippen molar-refractivity contribution >= 4 is 44.9 Å². The Morgan fingerprint density at radius 3 is 2.80 bits per heavy atom. The second-order valence-corrected chi connectivity index (χ2v) is 8.01. The van der Waals surface area contributed by atoms with Crippen LogP contribution in [0.1, 0.15) is 25.5 Å². The number of halogens is 1. The lowest BCUT2D eigenvalue weighted by Gasteiger charge is -2.23. The number of hydrogen-bond acceptors (Lipinski definition) is 3. The minimum atomic E-state index is 0.110. The summed E-state index contributed by atoms with van der Waals surface area (Å²) >= 11 is 7.10. The highest BCUT2D eigenvalue weighted by atomic mass is 79.9. The Labute approximate surface area is 135 Å². The highest BCUT2D eigenvalue weighted by Crippen LogP contribution is 2.41. The average Bonchev–Trinajstić information content (AvgIpc) is 3.06. The Bertz CT molecular complexity index is 640. The predicted molar refractivity (Wildman–Crippen MR) is 89.4 cm³/mol. The molecule has 104 valence electrons. The number of nitrogens with zero attached hydrogens (tertiary/aromatic N) is 1. The molecule has 0 saturated carbocycles. The minimum Gasteiger partial charge on any atom is -0.321 e. The van der Waals surface area contributed by atoms with E-state index in [-0.39, 0.29) is 11.3 Å². The first-order valence-corrected chi connectivity index (χ1v) is 9.06. The largest absolute Gasteiger partial charge is 0.321 e. The number of benzene rings is 1. The van der Waals surface area contributed by atoms with Gasteiger partial charge in [0.15, 0.2) is 0 Å². The summed E-state index contributed by atoms with van der Waals surface area (Å²) in [5.74, 6) is 1.11. The third-order valence-corrected chi connectivity index (χ3v) is 6.40. The van der Waals surface area contributed by atoms with E-state index in [1.165, 1.54) is 9.75 Å². The van der Waals surface area contributed by atoms with E-state index in [1.807, 2.05) is 40.9 Å². The molecule has 0 unspecified atom stereocenters. The maximum Gasteiger partial charge on any atom is 0.256 e. The molecule has 1 amide bonds. The summed E-state index contributed by atoms with van der Waals surface area (Å²) in [5, 5.41) is 0.160. The van der Waals surface area contributed by atoms with Gasteiger partial charge in [-0.05, 0) is 47.1 Å². The van der Waals surface area contributed by atoms with Crippen LogP contribution in [0.3, 0.4) is 0 Å². The fourth-order valence-electron chi connectivity index (χ4n) is 2.29. The molecule has 0 radical (unpaired) electrons. The van der Waals surface area contributed by atoms with Crippen molar-refractivity contribution in [2.75, 3.05) is 12.3 Å². The molecule has 1 aliphatic heterocycles. The Hall–Kier alpha value is -0.780. The molecule has 1 fully saturated rings. The normalized spacial score (nSPS) is 18.5. The van der Waals surface area contributed by atoms with Gasteiger partial charge in [0, 0.05) is 26.5 Å². The lowest BCUT2D eigenvalue weighted by molar-refractivity contribution is 0.0761. The van der Waals surface area contributed by atoms with Crippen molar-refractivity contribution in [1.82, 2.24) is 4.90 Å². The molecule has 3 rings (SSSR count). The van der Waals surface area contributed by atoms with Gasteiger partial charge < -0.3 is 4.90 Å². The molecule has 2 nitrogen and oxygen atoms in total. The van der Waals surface area contributed by atoms with Crippen LogP contribution in [0, 0.1) is 6.92 Å². The monoisotopic (exact) mass is 367 g/mol. The maximum absolute atomic E-state index is 12.7. The molecular weight excluding hydrogens is 354 g/mol. The molecule has 5 heteroatoms. The molecule has 1 aromatic carbocycles. The minimum absolute atomic E-state index is 0.110. The summed E-state index contributed by atoms with van der Waals surface area (Å²) in [5.41, 5.74) is 0.744. The van der Waals surface area contributed by atoms with Crippen molar-refractivity contribution in [1.29, 1.82) is 0 Å². The average molecular weight is 368 g/mol. The lowest BCUT2D eigenvalue weighted by Crippen LogP contribution is -2.30. The third-order valence-electron chi connectivity index (χ3n) is 3.26. The van der Waals surface area contributed by atoms with Crippen LogP contribution in [0.4, 0.5) is 0 Å². The van der Waals surface area contributed by atoms with Crippen LogP contribution in [-0.4, -0.2) is 23.1 Å². The van der Waals surface area contributed by atoms with Gasteiger partial charge in [0.2, 0.25) is 0 Å². The summed E-state index contributed by atoms with van der Waals surface area (Å²) in [6.45, 7) is 2.92. The van der Waals surface area contributed by atoms with Crippen LogP contribution < -0.4 is 0 Å². The van der Waals surface area contributed by atoms with E-state index in [9.17, 15) is 4.79 Å². The standard InChI is InChI=1S/C15H14BrNOS2/c1-10-6-7-13(20-10)15-17(8-9-19-15)14(18)11-4-2-3-5-12(11)16/h2-7,15H,8-9H2,1H3/t15-/m0/s1. The molecule has 1 aromatic heterocycles. The molecule has 1 aliphatic rings. The van der Waals surface area contributed by atoms with Crippen LogP contribution in [-0.2, 0) is 0 Å². The van der Waals surface area contributed by atoms with Crippen molar-refractivity contribution < 1.29 is 4.79 Å². The Kier molecular flexibility index (Phi) is 4.19. The fourth-order valence-corrected chi connectivity index (χ4v) is 5.11. The summed E-state index contributed by atoms with van der Waals surface area (Å²) < 4.78 is 0.864. The molecule has 2 heterocycles. The third kappa shape index (κ3) is 2.67. The zero-order chi connectivity index (χ0) is 14.1. The summed E-state index contributed by atoms with van der Waals surface area (Å²) in [6.07, 6.45) is 0. The van der Waals surface area contributed by atoms with Gasteiger partial charge in [-0.1, -0.05) is 12.1 Å². The zero-order valence-corrected chi connectivity index (χ0v) is 14.2. The van der Waals surface area contributed by atoms with Gasteiger partial charge in [0.25, 0.3) is 5.91 Å². The molecule has 0 spiro atoms. The van der Waals surface area contributed by atoms with E-state index in [2.05, 4.69) is 35.0 Å².